The molecule has 174 valence electrons. The molecule has 0 saturated carbocycles. The lowest BCUT2D eigenvalue weighted by atomic mass is 10.1. The summed E-state index contributed by atoms with van der Waals surface area (Å²) in [5.74, 6) is 4.57. The molecule has 0 radical (unpaired) electrons. The number of amides is 3. The van der Waals surface area contributed by atoms with Gasteiger partial charge in [-0.05, 0) is 48.5 Å². The SMILES string of the molecule is COCCNCC(=O)Nc1ccc(C#Cc2ccc(C(=O)N[C@@H](CN)C(=O)NO)cc2)cc1. The molecule has 2 aromatic carbocycles. The number of nitrogens with one attached hydrogen (secondary N) is 4. The fourth-order valence-corrected chi connectivity index (χ4v) is 2.62. The Hall–Kier alpha value is -3.75. The number of carbonyl (C=O) groups is 3. The lowest BCUT2D eigenvalue weighted by Gasteiger charge is -2.14. The second kappa shape index (κ2) is 13.6. The van der Waals surface area contributed by atoms with E-state index in [2.05, 4.69) is 27.8 Å². The molecule has 10 heteroatoms. The zero-order chi connectivity index (χ0) is 24.1. The van der Waals surface area contributed by atoms with Crippen molar-refractivity contribution in [3.05, 3.63) is 65.2 Å². The standard InChI is InChI=1S/C23H27N5O5/c1-33-13-12-25-15-21(29)26-19-10-6-17(7-11-19)3-2-16-4-8-18(9-5-16)22(30)27-20(14-24)23(31)28-32/h4-11,20,25,32H,12-15,24H2,1H3,(H,26,29)(H,27,30)(H,28,31)/t20-/m0/s1. The highest BCUT2D eigenvalue weighted by Crippen LogP contribution is 2.09. The van der Waals surface area contributed by atoms with Crippen molar-refractivity contribution in [1.82, 2.24) is 16.1 Å². The molecule has 7 N–H and O–H groups in total. The molecule has 10 nitrogen and oxygen atoms in total. The summed E-state index contributed by atoms with van der Waals surface area (Å²) in [4.78, 5) is 35.5. The van der Waals surface area contributed by atoms with Gasteiger partial charge in [-0.1, -0.05) is 11.8 Å². The lowest BCUT2D eigenvalue weighted by Crippen LogP contribution is -2.50. The number of benzene rings is 2. The predicted molar refractivity (Wildman–Crippen MR) is 122 cm³/mol. The van der Waals surface area contributed by atoms with Crippen LogP contribution in [0.1, 0.15) is 21.5 Å². The van der Waals surface area contributed by atoms with Crippen LogP contribution in [0.15, 0.2) is 48.5 Å². The number of hydrogen-bond acceptors (Lipinski definition) is 7. The Morgan fingerprint density at radius 3 is 2.18 bits per heavy atom. The topological polar surface area (TPSA) is 155 Å². The van der Waals surface area contributed by atoms with Gasteiger partial charge in [0.1, 0.15) is 6.04 Å². The van der Waals surface area contributed by atoms with Crippen molar-refractivity contribution in [3.8, 4) is 11.8 Å². The van der Waals surface area contributed by atoms with Gasteiger partial charge in [0.2, 0.25) is 5.91 Å². The highest BCUT2D eigenvalue weighted by molar-refractivity contribution is 5.97. The molecule has 0 heterocycles. The molecule has 1 atom stereocenters. The highest BCUT2D eigenvalue weighted by Gasteiger charge is 2.19. The monoisotopic (exact) mass is 453 g/mol. The van der Waals surface area contributed by atoms with E-state index in [9.17, 15) is 14.4 Å². The van der Waals surface area contributed by atoms with Crippen molar-refractivity contribution >= 4 is 23.4 Å². The van der Waals surface area contributed by atoms with Crippen molar-refractivity contribution in [3.63, 3.8) is 0 Å². The normalized spacial score (nSPS) is 11.0. The van der Waals surface area contributed by atoms with Crippen molar-refractivity contribution in [1.29, 1.82) is 0 Å². The third-order valence-electron chi connectivity index (χ3n) is 4.40. The van der Waals surface area contributed by atoms with Crippen LogP contribution in [0.5, 0.6) is 0 Å². The van der Waals surface area contributed by atoms with Crippen LogP contribution < -0.4 is 27.2 Å². The first-order valence-corrected chi connectivity index (χ1v) is 10.1. The van der Waals surface area contributed by atoms with Gasteiger partial charge in [0.05, 0.1) is 13.2 Å². The van der Waals surface area contributed by atoms with Gasteiger partial charge < -0.3 is 26.4 Å². The largest absolute Gasteiger partial charge is 0.383 e. The molecule has 0 aliphatic carbocycles. The Morgan fingerprint density at radius 2 is 1.64 bits per heavy atom. The molecular weight excluding hydrogens is 426 g/mol. The molecule has 33 heavy (non-hydrogen) atoms. The Kier molecular flexibility index (Phi) is 10.5. The minimum atomic E-state index is -1.04. The summed E-state index contributed by atoms with van der Waals surface area (Å²) in [7, 11) is 1.60. The lowest BCUT2D eigenvalue weighted by molar-refractivity contribution is -0.130. The van der Waals surface area contributed by atoms with Crippen LogP contribution in [0.4, 0.5) is 5.69 Å². The van der Waals surface area contributed by atoms with Crippen LogP contribution in [0.3, 0.4) is 0 Å². The molecule has 0 aliphatic heterocycles. The number of nitrogens with two attached hydrogens (primary N) is 1. The third kappa shape index (κ3) is 8.72. The smallest absolute Gasteiger partial charge is 0.267 e. The number of anilines is 1. The van der Waals surface area contributed by atoms with Crippen LogP contribution in [-0.4, -0.2) is 62.3 Å². The average molecular weight is 453 g/mol. The van der Waals surface area contributed by atoms with E-state index in [0.717, 1.165) is 5.56 Å². The fourth-order valence-electron chi connectivity index (χ4n) is 2.62. The Labute approximate surface area is 191 Å². The van der Waals surface area contributed by atoms with Crippen molar-refractivity contribution in [2.45, 2.75) is 6.04 Å². The van der Waals surface area contributed by atoms with E-state index in [0.29, 0.717) is 30.0 Å². The number of hydrogen-bond donors (Lipinski definition) is 6. The molecule has 0 aliphatic rings. The fraction of sp³-hybridized carbons (Fsp3) is 0.261. The second-order valence-electron chi connectivity index (χ2n) is 6.86. The summed E-state index contributed by atoms with van der Waals surface area (Å²) < 4.78 is 4.91. The van der Waals surface area contributed by atoms with Gasteiger partial charge >= 0.3 is 0 Å². The molecule has 0 unspecified atom stereocenters. The number of ether oxygens (including phenoxy) is 1. The van der Waals surface area contributed by atoms with E-state index in [1.165, 1.54) is 5.48 Å². The average Bonchev–Trinajstić information content (AvgIpc) is 2.84. The molecule has 0 bridgehead atoms. The molecule has 2 aromatic rings. The van der Waals surface area contributed by atoms with Gasteiger partial charge in [-0.15, -0.1) is 0 Å². The molecule has 0 saturated heterocycles. The van der Waals surface area contributed by atoms with E-state index in [-0.39, 0.29) is 19.0 Å². The van der Waals surface area contributed by atoms with E-state index >= 15 is 0 Å². The zero-order valence-electron chi connectivity index (χ0n) is 18.2. The Bertz CT molecular complexity index is 997. The van der Waals surface area contributed by atoms with Crippen LogP contribution in [0, 0.1) is 11.8 Å². The zero-order valence-corrected chi connectivity index (χ0v) is 18.2. The molecule has 0 aromatic heterocycles. The van der Waals surface area contributed by atoms with Gasteiger partial charge in [0.25, 0.3) is 11.8 Å². The quantitative estimate of drug-likeness (QED) is 0.126. The van der Waals surface area contributed by atoms with Crippen molar-refractivity contribution < 1.29 is 24.3 Å². The molecular formula is C23H27N5O5. The summed E-state index contributed by atoms with van der Waals surface area (Å²) in [6.45, 7) is 1.17. The number of carbonyl (C=O) groups excluding carboxylic acids is 3. The molecule has 2 rings (SSSR count). The molecule has 3 amide bonds. The Balaban J connectivity index is 1.91. The molecule has 0 spiro atoms. The van der Waals surface area contributed by atoms with Gasteiger partial charge in [-0.3, -0.25) is 19.6 Å². The first-order valence-electron chi connectivity index (χ1n) is 10.1. The highest BCUT2D eigenvalue weighted by atomic mass is 16.5. The predicted octanol–water partition coefficient (Wildman–Crippen LogP) is -0.177. The number of methoxy groups -OCH3 is 1. The van der Waals surface area contributed by atoms with Crippen molar-refractivity contribution in [2.75, 3.05) is 38.7 Å². The molecule has 0 fully saturated rings. The van der Waals surface area contributed by atoms with Crippen LogP contribution in [0.2, 0.25) is 0 Å². The minimum absolute atomic E-state index is 0.149. The third-order valence-corrected chi connectivity index (χ3v) is 4.40. The minimum Gasteiger partial charge on any atom is -0.383 e. The Morgan fingerprint density at radius 1 is 1.03 bits per heavy atom. The summed E-state index contributed by atoms with van der Waals surface area (Å²) >= 11 is 0. The summed E-state index contributed by atoms with van der Waals surface area (Å²) in [6.07, 6.45) is 0. The first kappa shape index (κ1) is 25.5. The van der Waals surface area contributed by atoms with Crippen LogP contribution in [0.25, 0.3) is 0 Å². The van der Waals surface area contributed by atoms with E-state index in [1.807, 2.05) is 0 Å². The van der Waals surface area contributed by atoms with Crippen molar-refractivity contribution in [2.24, 2.45) is 5.73 Å². The number of rotatable bonds is 10. The van der Waals surface area contributed by atoms with Crippen LogP contribution in [-0.2, 0) is 14.3 Å². The van der Waals surface area contributed by atoms with Gasteiger partial charge in [0, 0.05) is 42.6 Å². The maximum Gasteiger partial charge on any atom is 0.267 e. The van der Waals surface area contributed by atoms with E-state index in [4.69, 9.17) is 15.7 Å². The maximum absolute atomic E-state index is 12.2. The van der Waals surface area contributed by atoms with E-state index < -0.39 is 17.9 Å². The second-order valence-corrected chi connectivity index (χ2v) is 6.86. The van der Waals surface area contributed by atoms with Gasteiger partial charge in [-0.2, -0.15) is 0 Å². The maximum atomic E-state index is 12.2. The van der Waals surface area contributed by atoms with Crippen LogP contribution >= 0.6 is 0 Å². The summed E-state index contributed by atoms with van der Waals surface area (Å²) in [5.41, 5.74) is 9.32. The summed E-state index contributed by atoms with van der Waals surface area (Å²) in [6, 6.07) is 12.6. The van der Waals surface area contributed by atoms with Gasteiger partial charge in [0.15, 0.2) is 0 Å². The number of hydroxylamine groups is 1. The summed E-state index contributed by atoms with van der Waals surface area (Å²) in [5, 5.41) is 16.9. The van der Waals surface area contributed by atoms with Gasteiger partial charge in [-0.25, -0.2) is 5.48 Å². The van der Waals surface area contributed by atoms with E-state index in [1.54, 1.807) is 55.6 Å². The first-order chi connectivity index (χ1) is 16.0.